The molecule has 2 atom stereocenters. The molecule has 1 fully saturated rings. The zero-order valence-corrected chi connectivity index (χ0v) is 20.7. The fraction of sp³-hybridized carbons (Fsp3) is 0.296. The predicted molar refractivity (Wildman–Crippen MR) is 134 cm³/mol. The number of piperidine rings is 1. The summed E-state index contributed by atoms with van der Waals surface area (Å²) in [6.45, 7) is 3.17. The molecule has 0 spiro atoms. The molecule has 0 saturated carbocycles. The first-order valence-corrected chi connectivity index (χ1v) is 12.3. The Morgan fingerprint density at radius 2 is 1.77 bits per heavy atom. The van der Waals surface area contributed by atoms with E-state index in [9.17, 15) is 27.9 Å². The van der Waals surface area contributed by atoms with E-state index in [1.165, 1.54) is 6.20 Å². The van der Waals surface area contributed by atoms with E-state index in [-0.39, 0.29) is 17.6 Å². The minimum atomic E-state index is -1.42. The van der Waals surface area contributed by atoms with Crippen molar-refractivity contribution in [1.29, 1.82) is 0 Å². The van der Waals surface area contributed by atoms with E-state index in [4.69, 9.17) is 4.74 Å². The Labute approximate surface area is 220 Å². The minimum Gasteiger partial charge on any atom is -0.477 e. The Hall–Kier alpha value is -4.35. The van der Waals surface area contributed by atoms with Gasteiger partial charge in [-0.25, -0.2) is 27.3 Å². The molecule has 1 aromatic heterocycles. The fourth-order valence-corrected chi connectivity index (χ4v) is 5.27. The molecule has 12 heteroatoms. The summed E-state index contributed by atoms with van der Waals surface area (Å²) in [5.74, 6) is -5.54. The van der Waals surface area contributed by atoms with Crippen molar-refractivity contribution in [2.24, 2.45) is 5.92 Å². The summed E-state index contributed by atoms with van der Waals surface area (Å²) in [5, 5.41) is 14.3. The highest BCUT2D eigenvalue weighted by Crippen LogP contribution is 2.40. The van der Waals surface area contributed by atoms with E-state index in [1.807, 2.05) is 11.8 Å². The van der Waals surface area contributed by atoms with Gasteiger partial charge in [0.15, 0.2) is 0 Å². The van der Waals surface area contributed by atoms with Crippen molar-refractivity contribution < 1.29 is 37.0 Å². The zero-order valence-electron chi connectivity index (χ0n) is 20.7. The lowest BCUT2D eigenvalue weighted by Gasteiger charge is -2.39. The monoisotopic (exact) mass is 544 g/mol. The smallest absolute Gasteiger partial charge is 0.404 e. The van der Waals surface area contributed by atoms with Crippen molar-refractivity contribution in [3.05, 3.63) is 70.9 Å². The molecule has 204 valence electrons. The van der Waals surface area contributed by atoms with E-state index < -0.39 is 52.0 Å². The molecule has 0 bridgehead atoms. The van der Waals surface area contributed by atoms with Crippen molar-refractivity contribution in [2.45, 2.75) is 25.8 Å². The van der Waals surface area contributed by atoms with Crippen LogP contribution in [0.2, 0.25) is 0 Å². The molecule has 2 aliphatic rings. The number of nitrogens with zero attached hydrogens (tertiary/aromatic N) is 2. The van der Waals surface area contributed by atoms with Crippen LogP contribution in [-0.4, -0.2) is 47.8 Å². The van der Waals surface area contributed by atoms with Crippen LogP contribution in [0.4, 0.5) is 33.7 Å². The Morgan fingerprint density at radius 3 is 2.49 bits per heavy atom. The summed E-state index contributed by atoms with van der Waals surface area (Å²) in [5.41, 5.74) is -1.09. The molecule has 0 unspecified atom stereocenters. The Bertz CT molecular complexity index is 1450. The second kappa shape index (κ2) is 10.4. The Balaban J connectivity index is 1.52. The van der Waals surface area contributed by atoms with Crippen molar-refractivity contribution in [1.82, 2.24) is 10.3 Å². The van der Waals surface area contributed by atoms with Gasteiger partial charge < -0.3 is 25.4 Å². The lowest BCUT2D eigenvalue weighted by Crippen LogP contribution is -2.50. The third kappa shape index (κ3) is 5.06. The highest BCUT2D eigenvalue weighted by atomic mass is 19.1. The molecule has 2 amide bonds. The number of anilines is 2. The summed E-state index contributed by atoms with van der Waals surface area (Å²) in [6.07, 6.45) is 1.28. The first-order chi connectivity index (χ1) is 18.6. The van der Waals surface area contributed by atoms with Crippen molar-refractivity contribution in [2.75, 3.05) is 29.9 Å². The van der Waals surface area contributed by atoms with E-state index in [2.05, 4.69) is 15.6 Å². The molecular weight excluding hydrogens is 520 g/mol. The quantitative estimate of drug-likeness (QED) is 0.392. The van der Waals surface area contributed by atoms with E-state index in [0.29, 0.717) is 49.7 Å². The SMILES string of the molecule is C[C@@H]1C[C@H](NC(=O)O)CN(c2c(NC(=O)c3ccc(F)c(-c4c(F)cccc4F)c3F)cnc3c2CCO3)C1. The summed E-state index contributed by atoms with van der Waals surface area (Å²) in [6, 6.07) is 4.06. The number of carboxylic acid groups (broad SMARTS) is 1. The minimum absolute atomic E-state index is 0.0954. The van der Waals surface area contributed by atoms with Crippen LogP contribution in [0.25, 0.3) is 11.1 Å². The number of nitrogens with one attached hydrogen (secondary N) is 2. The first-order valence-electron chi connectivity index (χ1n) is 12.3. The highest BCUT2D eigenvalue weighted by Gasteiger charge is 2.32. The van der Waals surface area contributed by atoms with Gasteiger partial charge in [0, 0.05) is 31.1 Å². The second-order valence-electron chi connectivity index (χ2n) is 9.63. The summed E-state index contributed by atoms with van der Waals surface area (Å²) in [4.78, 5) is 30.7. The Kier molecular flexibility index (Phi) is 7.02. The molecule has 5 rings (SSSR count). The van der Waals surface area contributed by atoms with Crippen LogP contribution in [0.3, 0.4) is 0 Å². The molecule has 3 aromatic rings. The summed E-state index contributed by atoms with van der Waals surface area (Å²) in [7, 11) is 0. The molecule has 3 N–H and O–H groups in total. The number of fused-ring (bicyclic) bond motifs is 1. The maximum Gasteiger partial charge on any atom is 0.404 e. The number of ether oxygens (including phenoxy) is 1. The lowest BCUT2D eigenvalue weighted by molar-refractivity contribution is 0.102. The number of amides is 2. The van der Waals surface area contributed by atoms with E-state index in [0.717, 1.165) is 30.3 Å². The van der Waals surface area contributed by atoms with Crippen LogP contribution in [0.15, 0.2) is 36.5 Å². The zero-order chi connectivity index (χ0) is 27.8. The maximum atomic E-state index is 15.5. The van der Waals surface area contributed by atoms with Crippen LogP contribution in [0, 0.1) is 29.2 Å². The highest BCUT2D eigenvalue weighted by molar-refractivity contribution is 6.07. The number of aromatic nitrogens is 1. The average Bonchev–Trinajstić information content (AvgIpc) is 3.33. The first kappa shape index (κ1) is 26.3. The van der Waals surface area contributed by atoms with Gasteiger partial charge in [-0.1, -0.05) is 13.0 Å². The second-order valence-corrected chi connectivity index (χ2v) is 9.63. The van der Waals surface area contributed by atoms with E-state index in [1.54, 1.807) is 0 Å². The van der Waals surface area contributed by atoms with Gasteiger partial charge in [0.05, 0.1) is 40.9 Å². The lowest BCUT2D eigenvalue weighted by atomic mass is 9.94. The molecule has 0 radical (unpaired) electrons. The Morgan fingerprint density at radius 1 is 1.05 bits per heavy atom. The van der Waals surface area contributed by atoms with Crippen LogP contribution in [-0.2, 0) is 6.42 Å². The number of carbonyl (C=O) groups excluding carboxylic acids is 1. The van der Waals surface area contributed by atoms with Crippen LogP contribution in [0.5, 0.6) is 5.88 Å². The molecule has 8 nitrogen and oxygen atoms in total. The van der Waals surface area contributed by atoms with E-state index >= 15 is 4.39 Å². The predicted octanol–water partition coefficient (Wildman–Crippen LogP) is 4.97. The van der Waals surface area contributed by atoms with Gasteiger partial charge in [0.1, 0.15) is 23.3 Å². The van der Waals surface area contributed by atoms with Gasteiger partial charge >= 0.3 is 6.09 Å². The number of pyridine rings is 1. The molecule has 3 heterocycles. The standard InChI is InChI=1S/C27H24F4N4O4/c1-13-9-14(33-27(37)38)12-35(11-13)24-16-7-8-39-26(16)32-10-20(24)34-25(36)15-5-6-19(30)22(23(15)31)21-17(28)3-2-4-18(21)29/h2-6,10,13-14,33H,7-9,11-12H2,1H3,(H,34,36)(H,37,38)/t13-,14+/m1/s1. The number of rotatable bonds is 5. The van der Waals surface area contributed by atoms with Gasteiger partial charge in [0.25, 0.3) is 5.91 Å². The summed E-state index contributed by atoms with van der Waals surface area (Å²) >= 11 is 0. The van der Waals surface area contributed by atoms with Gasteiger partial charge in [-0.2, -0.15) is 0 Å². The van der Waals surface area contributed by atoms with Gasteiger partial charge in [-0.15, -0.1) is 0 Å². The number of hydrogen-bond acceptors (Lipinski definition) is 5. The number of benzene rings is 2. The molecular formula is C27H24F4N4O4. The summed E-state index contributed by atoms with van der Waals surface area (Å²) < 4.78 is 64.4. The van der Waals surface area contributed by atoms with Crippen LogP contribution in [0.1, 0.15) is 29.3 Å². The molecule has 2 aliphatic heterocycles. The largest absolute Gasteiger partial charge is 0.477 e. The number of hydrogen-bond donors (Lipinski definition) is 3. The fourth-order valence-electron chi connectivity index (χ4n) is 5.27. The maximum absolute atomic E-state index is 15.5. The van der Waals surface area contributed by atoms with Gasteiger partial charge in [0.2, 0.25) is 5.88 Å². The topological polar surface area (TPSA) is 104 Å². The van der Waals surface area contributed by atoms with Crippen LogP contribution < -0.4 is 20.3 Å². The molecule has 0 aliphatic carbocycles. The van der Waals surface area contributed by atoms with Crippen LogP contribution >= 0.6 is 0 Å². The molecule has 2 aromatic carbocycles. The number of halogens is 4. The third-order valence-electron chi connectivity index (χ3n) is 6.80. The van der Waals surface area contributed by atoms with Gasteiger partial charge in [-0.3, -0.25) is 4.79 Å². The van der Waals surface area contributed by atoms with Gasteiger partial charge in [-0.05, 0) is 36.6 Å². The average molecular weight is 545 g/mol. The van der Waals surface area contributed by atoms with Crippen molar-refractivity contribution in [3.63, 3.8) is 0 Å². The molecule has 1 saturated heterocycles. The van der Waals surface area contributed by atoms with Crippen molar-refractivity contribution >= 4 is 23.4 Å². The molecule has 39 heavy (non-hydrogen) atoms. The van der Waals surface area contributed by atoms with Crippen molar-refractivity contribution in [3.8, 4) is 17.0 Å². The third-order valence-corrected chi connectivity index (χ3v) is 6.80. The normalized spacial score (nSPS) is 18.3. The number of carbonyl (C=O) groups is 2.